The summed E-state index contributed by atoms with van der Waals surface area (Å²) >= 11 is 0. The molecule has 1 unspecified atom stereocenters. The number of hydrogen-bond acceptors (Lipinski definition) is 3. The van der Waals surface area contributed by atoms with Gasteiger partial charge in [-0.3, -0.25) is 9.78 Å². The van der Waals surface area contributed by atoms with Crippen LogP contribution in [-0.2, 0) is 4.79 Å². The van der Waals surface area contributed by atoms with Gasteiger partial charge in [0.15, 0.2) is 0 Å². The molecule has 120 valence electrons. The molecule has 1 aromatic carbocycles. The van der Waals surface area contributed by atoms with Crippen molar-refractivity contribution in [3.63, 3.8) is 0 Å². The summed E-state index contributed by atoms with van der Waals surface area (Å²) < 4.78 is 13.5. The number of aromatic nitrogens is 1. The Labute approximate surface area is 133 Å². The third kappa shape index (κ3) is 4.77. The van der Waals surface area contributed by atoms with E-state index in [0.717, 1.165) is 5.56 Å². The van der Waals surface area contributed by atoms with Crippen molar-refractivity contribution in [1.82, 2.24) is 10.3 Å². The first-order valence-corrected chi connectivity index (χ1v) is 7.00. The minimum Gasteiger partial charge on any atom is -0.331 e. The summed E-state index contributed by atoms with van der Waals surface area (Å²) in [6.07, 6.45) is 3.29. The van der Waals surface area contributed by atoms with E-state index >= 15 is 0 Å². The van der Waals surface area contributed by atoms with Gasteiger partial charge in [0, 0.05) is 25.0 Å². The molecule has 0 radical (unpaired) electrons. The number of nitrogens with zero attached hydrogens (tertiary/aromatic N) is 1. The quantitative estimate of drug-likeness (QED) is 0.810. The van der Waals surface area contributed by atoms with Gasteiger partial charge < -0.3 is 16.0 Å². The Kier molecular flexibility index (Phi) is 5.24. The normalized spacial score (nSPS) is 11.4. The summed E-state index contributed by atoms with van der Waals surface area (Å²) in [5.41, 5.74) is 1.29. The van der Waals surface area contributed by atoms with E-state index in [-0.39, 0.29) is 11.7 Å². The van der Waals surface area contributed by atoms with Crippen LogP contribution in [0.3, 0.4) is 0 Å². The van der Waals surface area contributed by atoms with Crippen molar-refractivity contribution in [1.29, 1.82) is 0 Å². The Balaban J connectivity index is 2.01. The number of amides is 3. The molecular weight excluding hydrogens is 299 g/mol. The summed E-state index contributed by atoms with van der Waals surface area (Å²) in [5, 5.41) is 7.72. The molecule has 1 atom stereocenters. The maximum absolute atomic E-state index is 13.5. The van der Waals surface area contributed by atoms with Crippen LogP contribution in [0.4, 0.5) is 20.6 Å². The summed E-state index contributed by atoms with van der Waals surface area (Å²) in [6.45, 7) is 3.12. The van der Waals surface area contributed by atoms with Crippen molar-refractivity contribution >= 4 is 23.3 Å². The highest BCUT2D eigenvalue weighted by molar-refractivity contribution is 5.92. The fraction of sp³-hybridized carbons (Fsp3) is 0.188. The molecular formula is C16H17FN4O2. The minimum absolute atomic E-state index is 0.0116. The average Bonchev–Trinajstić information content (AvgIpc) is 2.51. The molecule has 0 fully saturated rings. The zero-order chi connectivity index (χ0) is 16.8. The molecule has 0 aliphatic heterocycles. The molecule has 23 heavy (non-hydrogen) atoms. The molecule has 0 aliphatic rings. The third-order valence-corrected chi connectivity index (χ3v) is 3.09. The first-order valence-electron chi connectivity index (χ1n) is 7.00. The summed E-state index contributed by atoms with van der Waals surface area (Å²) in [4.78, 5) is 26.9. The maximum Gasteiger partial charge on any atom is 0.319 e. The van der Waals surface area contributed by atoms with Crippen LogP contribution in [0.1, 0.15) is 25.5 Å². The number of pyridine rings is 1. The van der Waals surface area contributed by atoms with Gasteiger partial charge in [-0.1, -0.05) is 0 Å². The monoisotopic (exact) mass is 316 g/mol. The van der Waals surface area contributed by atoms with Crippen molar-refractivity contribution < 1.29 is 14.0 Å². The second-order valence-corrected chi connectivity index (χ2v) is 4.98. The van der Waals surface area contributed by atoms with Crippen LogP contribution in [0.25, 0.3) is 0 Å². The van der Waals surface area contributed by atoms with Crippen LogP contribution < -0.4 is 16.0 Å². The van der Waals surface area contributed by atoms with Crippen LogP contribution >= 0.6 is 0 Å². The average molecular weight is 316 g/mol. The second kappa shape index (κ2) is 7.35. The van der Waals surface area contributed by atoms with Gasteiger partial charge in [-0.2, -0.15) is 0 Å². The van der Waals surface area contributed by atoms with Crippen molar-refractivity contribution in [2.45, 2.75) is 19.9 Å². The Bertz CT molecular complexity index is 706. The molecule has 0 aliphatic carbocycles. The molecule has 0 spiro atoms. The lowest BCUT2D eigenvalue weighted by Gasteiger charge is -2.15. The number of benzene rings is 1. The van der Waals surface area contributed by atoms with Gasteiger partial charge in [-0.05, 0) is 42.8 Å². The standard InChI is InChI=1S/C16H17FN4O2/c1-10(12-5-7-18-8-6-12)19-16(23)21-13-3-4-14(17)15(9-13)20-11(2)22/h3-10H,1-2H3,(H,20,22)(H2,19,21,23). The molecule has 6 nitrogen and oxygen atoms in total. The third-order valence-electron chi connectivity index (χ3n) is 3.09. The SMILES string of the molecule is CC(=O)Nc1cc(NC(=O)NC(C)c2ccncc2)ccc1F. The van der Waals surface area contributed by atoms with E-state index < -0.39 is 17.8 Å². The van der Waals surface area contributed by atoms with Crippen molar-refractivity contribution in [2.24, 2.45) is 0 Å². The highest BCUT2D eigenvalue weighted by Crippen LogP contribution is 2.20. The van der Waals surface area contributed by atoms with E-state index in [1.165, 1.54) is 25.1 Å². The minimum atomic E-state index is -0.573. The molecule has 0 saturated heterocycles. The first-order chi connectivity index (χ1) is 11.0. The van der Waals surface area contributed by atoms with Gasteiger partial charge in [0.2, 0.25) is 5.91 Å². The van der Waals surface area contributed by atoms with Crippen molar-refractivity contribution in [2.75, 3.05) is 10.6 Å². The molecule has 0 bridgehead atoms. The highest BCUT2D eigenvalue weighted by Gasteiger charge is 2.11. The number of carbonyl (C=O) groups is 2. The largest absolute Gasteiger partial charge is 0.331 e. The molecule has 1 aromatic heterocycles. The van der Waals surface area contributed by atoms with Gasteiger partial charge in [0.05, 0.1) is 11.7 Å². The van der Waals surface area contributed by atoms with E-state index in [2.05, 4.69) is 20.9 Å². The van der Waals surface area contributed by atoms with E-state index in [1.54, 1.807) is 24.5 Å². The zero-order valence-corrected chi connectivity index (χ0v) is 12.8. The lowest BCUT2D eigenvalue weighted by atomic mass is 10.1. The molecule has 2 rings (SSSR count). The summed E-state index contributed by atoms with van der Waals surface area (Å²) in [5.74, 6) is -0.965. The smallest absolute Gasteiger partial charge is 0.319 e. The number of urea groups is 1. The number of nitrogens with one attached hydrogen (secondary N) is 3. The number of carbonyl (C=O) groups excluding carboxylic acids is 2. The zero-order valence-electron chi connectivity index (χ0n) is 12.8. The Morgan fingerprint density at radius 1 is 1.13 bits per heavy atom. The summed E-state index contributed by atoms with van der Waals surface area (Å²) in [7, 11) is 0. The summed E-state index contributed by atoms with van der Waals surface area (Å²) in [6, 6.07) is 6.90. The van der Waals surface area contributed by atoms with Crippen molar-refractivity contribution in [3.8, 4) is 0 Å². The fourth-order valence-electron chi connectivity index (χ4n) is 1.99. The maximum atomic E-state index is 13.5. The Hall–Kier alpha value is -2.96. The molecule has 1 heterocycles. The molecule has 3 amide bonds. The number of anilines is 2. The lowest BCUT2D eigenvalue weighted by molar-refractivity contribution is -0.114. The Morgan fingerprint density at radius 2 is 1.83 bits per heavy atom. The topological polar surface area (TPSA) is 83.1 Å². The second-order valence-electron chi connectivity index (χ2n) is 4.98. The first kappa shape index (κ1) is 16.4. The highest BCUT2D eigenvalue weighted by atomic mass is 19.1. The van der Waals surface area contributed by atoms with Gasteiger partial charge in [-0.15, -0.1) is 0 Å². The van der Waals surface area contributed by atoms with Gasteiger partial charge >= 0.3 is 6.03 Å². The number of rotatable bonds is 4. The molecule has 7 heteroatoms. The molecule has 0 saturated carbocycles. The molecule has 2 aromatic rings. The van der Waals surface area contributed by atoms with Crippen LogP contribution in [0.5, 0.6) is 0 Å². The van der Waals surface area contributed by atoms with E-state index in [4.69, 9.17) is 0 Å². The van der Waals surface area contributed by atoms with E-state index in [9.17, 15) is 14.0 Å². The lowest BCUT2D eigenvalue weighted by Crippen LogP contribution is -2.31. The van der Waals surface area contributed by atoms with Gasteiger partial charge in [0.25, 0.3) is 0 Å². The Morgan fingerprint density at radius 3 is 2.48 bits per heavy atom. The van der Waals surface area contributed by atoms with Crippen LogP contribution in [0.15, 0.2) is 42.7 Å². The number of hydrogen-bond donors (Lipinski definition) is 3. The fourth-order valence-corrected chi connectivity index (χ4v) is 1.99. The van der Waals surface area contributed by atoms with Gasteiger partial charge in [0.1, 0.15) is 5.82 Å². The van der Waals surface area contributed by atoms with Crippen LogP contribution in [0, 0.1) is 5.82 Å². The van der Waals surface area contributed by atoms with E-state index in [1.807, 2.05) is 6.92 Å². The predicted molar refractivity (Wildman–Crippen MR) is 85.5 cm³/mol. The number of halogens is 1. The molecule has 3 N–H and O–H groups in total. The van der Waals surface area contributed by atoms with E-state index in [0.29, 0.717) is 5.69 Å². The van der Waals surface area contributed by atoms with Crippen LogP contribution in [-0.4, -0.2) is 16.9 Å². The van der Waals surface area contributed by atoms with Gasteiger partial charge in [-0.25, -0.2) is 9.18 Å². The predicted octanol–water partition coefficient (Wildman–Crippen LogP) is 3.06. The van der Waals surface area contributed by atoms with Crippen LogP contribution in [0.2, 0.25) is 0 Å². The van der Waals surface area contributed by atoms with Crippen molar-refractivity contribution in [3.05, 3.63) is 54.1 Å².